The van der Waals surface area contributed by atoms with Gasteiger partial charge < -0.3 is 10.2 Å². The van der Waals surface area contributed by atoms with Gasteiger partial charge in [-0.15, -0.1) is 0 Å². The van der Waals surface area contributed by atoms with Crippen molar-refractivity contribution in [3.63, 3.8) is 0 Å². The molecule has 0 spiro atoms. The highest BCUT2D eigenvalue weighted by Crippen LogP contribution is 2.10. The first-order chi connectivity index (χ1) is 9.10. The Bertz CT molecular complexity index is 472. The van der Waals surface area contributed by atoms with Crippen molar-refractivity contribution in [3.8, 4) is 0 Å². The van der Waals surface area contributed by atoms with Gasteiger partial charge in [0.05, 0.1) is 24.1 Å². The summed E-state index contributed by atoms with van der Waals surface area (Å²) in [5.74, 6) is -0.151. The van der Waals surface area contributed by atoms with Gasteiger partial charge in [-0.2, -0.15) is 0 Å². The third-order valence-electron chi connectivity index (χ3n) is 3.04. The minimum Gasteiger partial charge on any atom is -0.343 e. The number of hydrogen-bond acceptors (Lipinski definition) is 4. The smallest absolute Gasteiger partial charge is 0.245 e. The Morgan fingerprint density at radius 2 is 2.16 bits per heavy atom. The molecule has 2 heterocycles. The normalized spacial score (nSPS) is 19.5. The van der Waals surface area contributed by atoms with E-state index in [1.165, 1.54) is 0 Å². The van der Waals surface area contributed by atoms with E-state index in [4.69, 9.17) is 0 Å². The number of nitrogens with zero attached hydrogens (tertiary/aromatic N) is 3. The molecule has 2 amide bonds. The van der Waals surface area contributed by atoms with Gasteiger partial charge in [0.1, 0.15) is 12.6 Å². The number of aromatic nitrogens is 2. The fourth-order valence-corrected chi connectivity index (χ4v) is 2.09. The summed E-state index contributed by atoms with van der Waals surface area (Å²) >= 11 is 0. The van der Waals surface area contributed by atoms with E-state index in [1.54, 1.807) is 17.3 Å². The molecule has 1 unspecified atom stereocenters. The summed E-state index contributed by atoms with van der Waals surface area (Å²) in [5.41, 5.74) is 1.53. The van der Waals surface area contributed by atoms with Gasteiger partial charge in [0.2, 0.25) is 11.8 Å². The summed E-state index contributed by atoms with van der Waals surface area (Å²) in [5, 5.41) is 2.73. The van der Waals surface area contributed by atoms with Gasteiger partial charge in [-0.05, 0) is 13.3 Å². The highest BCUT2D eigenvalue weighted by atomic mass is 16.2. The molecular weight excluding hydrogens is 244 g/mol. The zero-order valence-electron chi connectivity index (χ0n) is 11.2. The maximum absolute atomic E-state index is 12.2. The molecule has 1 atom stereocenters. The van der Waals surface area contributed by atoms with E-state index in [0.29, 0.717) is 18.7 Å². The van der Waals surface area contributed by atoms with Gasteiger partial charge in [0, 0.05) is 6.20 Å². The van der Waals surface area contributed by atoms with Crippen molar-refractivity contribution in [2.45, 2.75) is 39.3 Å². The Hall–Kier alpha value is -1.98. The Morgan fingerprint density at radius 1 is 1.37 bits per heavy atom. The standard InChI is InChI=1S/C13H18N4O2/c1-3-4-11-13(19)17(8-12(18)16-11)7-10-6-14-9(2)5-15-10/h5-6,11H,3-4,7-8H2,1-2H3,(H,16,18). The number of amides is 2. The fraction of sp³-hybridized carbons (Fsp3) is 0.538. The van der Waals surface area contributed by atoms with E-state index < -0.39 is 6.04 Å². The lowest BCUT2D eigenvalue weighted by Crippen LogP contribution is -2.57. The van der Waals surface area contributed by atoms with E-state index in [9.17, 15) is 9.59 Å². The van der Waals surface area contributed by atoms with E-state index >= 15 is 0 Å². The summed E-state index contributed by atoms with van der Waals surface area (Å²) in [6.07, 6.45) is 4.83. The van der Waals surface area contributed by atoms with Crippen LogP contribution >= 0.6 is 0 Å². The fourth-order valence-electron chi connectivity index (χ4n) is 2.09. The van der Waals surface area contributed by atoms with Gasteiger partial charge in [-0.3, -0.25) is 19.6 Å². The van der Waals surface area contributed by atoms with Crippen molar-refractivity contribution in [3.05, 3.63) is 23.8 Å². The number of nitrogens with one attached hydrogen (secondary N) is 1. The van der Waals surface area contributed by atoms with Crippen molar-refractivity contribution in [1.29, 1.82) is 0 Å². The van der Waals surface area contributed by atoms with Crippen LogP contribution in [-0.4, -0.2) is 39.3 Å². The van der Waals surface area contributed by atoms with Gasteiger partial charge in [0.25, 0.3) is 0 Å². The second kappa shape index (κ2) is 5.77. The predicted molar refractivity (Wildman–Crippen MR) is 69.0 cm³/mol. The molecule has 1 aliphatic heterocycles. The first-order valence-corrected chi connectivity index (χ1v) is 6.46. The Balaban J connectivity index is 2.07. The number of rotatable bonds is 4. The molecule has 1 saturated heterocycles. The van der Waals surface area contributed by atoms with Crippen LogP contribution in [0.15, 0.2) is 12.4 Å². The molecule has 0 aliphatic carbocycles. The van der Waals surface area contributed by atoms with Gasteiger partial charge in [-0.25, -0.2) is 0 Å². The molecule has 6 nitrogen and oxygen atoms in total. The largest absolute Gasteiger partial charge is 0.343 e. The Morgan fingerprint density at radius 3 is 2.79 bits per heavy atom. The zero-order valence-corrected chi connectivity index (χ0v) is 11.2. The van der Waals surface area contributed by atoms with Crippen LogP contribution in [0.2, 0.25) is 0 Å². The lowest BCUT2D eigenvalue weighted by Gasteiger charge is -2.32. The van der Waals surface area contributed by atoms with E-state index in [2.05, 4.69) is 15.3 Å². The molecular formula is C13H18N4O2. The molecule has 1 aromatic heterocycles. The third kappa shape index (κ3) is 3.27. The summed E-state index contributed by atoms with van der Waals surface area (Å²) in [6.45, 7) is 4.27. The molecule has 0 radical (unpaired) electrons. The molecule has 2 rings (SSSR count). The van der Waals surface area contributed by atoms with Crippen LogP contribution < -0.4 is 5.32 Å². The minimum absolute atomic E-state index is 0.0381. The van der Waals surface area contributed by atoms with Crippen molar-refractivity contribution < 1.29 is 9.59 Å². The summed E-state index contributed by atoms with van der Waals surface area (Å²) in [6, 6.07) is -0.398. The van der Waals surface area contributed by atoms with Crippen molar-refractivity contribution >= 4 is 11.8 Å². The van der Waals surface area contributed by atoms with Crippen molar-refractivity contribution in [1.82, 2.24) is 20.2 Å². The van der Waals surface area contributed by atoms with Crippen LogP contribution in [0.5, 0.6) is 0 Å². The predicted octanol–water partition coefficient (Wildman–Crippen LogP) is 0.412. The molecule has 0 aromatic carbocycles. The quantitative estimate of drug-likeness (QED) is 0.853. The van der Waals surface area contributed by atoms with Crippen LogP contribution in [0.1, 0.15) is 31.2 Å². The van der Waals surface area contributed by atoms with E-state index in [1.807, 2.05) is 13.8 Å². The highest BCUT2D eigenvalue weighted by molar-refractivity contribution is 5.94. The molecule has 0 bridgehead atoms. The van der Waals surface area contributed by atoms with Crippen molar-refractivity contribution in [2.75, 3.05) is 6.54 Å². The van der Waals surface area contributed by atoms with E-state index in [0.717, 1.165) is 12.1 Å². The molecule has 6 heteroatoms. The van der Waals surface area contributed by atoms with E-state index in [-0.39, 0.29) is 18.4 Å². The first kappa shape index (κ1) is 13.5. The molecule has 0 saturated carbocycles. The summed E-state index contributed by atoms with van der Waals surface area (Å²) in [7, 11) is 0. The second-order valence-electron chi connectivity index (χ2n) is 4.75. The summed E-state index contributed by atoms with van der Waals surface area (Å²) in [4.78, 5) is 33.7. The number of aryl methyl sites for hydroxylation is 1. The highest BCUT2D eigenvalue weighted by Gasteiger charge is 2.31. The molecule has 1 aromatic rings. The minimum atomic E-state index is -0.398. The van der Waals surface area contributed by atoms with Crippen LogP contribution in [0.4, 0.5) is 0 Å². The Labute approximate surface area is 112 Å². The second-order valence-corrected chi connectivity index (χ2v) is 4.75. The molecule has 1 fully saturated rings. The average molecular weight is 262 g/mol. The molecule has 19 heavy (non-hydrogen) atoms. The van der Waals surface area contributed by atoms with Gasteiger partial charge >= 0.3 is 0 Å². The molecule has 1 N–H and O–H groups in total. The van der Waals surface area contributed by atoms with Crippen LogP contribution in [-0.2, 0) is 16.1 Å². The van der Waals surface area contributed by atoms with Crippen LogP contribution in [0, 0.1) is 6.92 Å². The number of piperazine rings is 1. The maximum Gasteiger partial charge on any atom is 0.245 e. The SMILES string of the molecule is CCCC1NC(=O)CN(Cc2cnc(C)cn2)C1=O. The third-order valence-corrected chi connectivity index (χ3v) is 3.04. The zero-order chi connectivity index (χ0) is 13.8. The first-order valence-electron chi connectivity index (χ1n) is 6.46. The topological polar surface area (TPSA) is 75.2 Å². The van der Waals surface area contributed by atoms with Crippen LogP contribution in [0.25, 0.3) is 0 Å². The van der Waals surface area contributed by atoms with Gasteiger partial charge in [0.15, 0.2) is 0 Å². The molecule has 102 valence electrons. The maximum atomic E-state index is 12.2. The lowest BCUT2D eigenvalue weighted by atomic mass is 10.1. The number of carbonyl (C=O) groups is 2. The number of hydrogen-bond donors (Lipinski definition) is 1. The van der Waals surface area contributed by atoms with Crippen molar-refractivity contribution in [2.24, 2.45) is 0 Å². The average Bonchev–Trinajstić information content (AvgIpc) is 2.38. The lowest BCUT2D eigenvalue weighted by molar-refractivity contribution is -0.145. The van der Waals surface area contributed by atoms with Crippen LogP contribution in [0.3, 0.4) is 0 Å². The number of carbonyl (C=O) groups excluding carboxylic acids is 2. The molecule has 1 aliphatic rings. The monoisotopic (exact) mass is 262 g/mol. The summed E-state index contributed by atoms with van der Waals surface area (Å²) < 4.78 is 0. The Kier molecular flexibility index (Phi) is 4.09. The van der Waals surface area contributed by atoms with Gasteiger partial charge in [-0.1, -0.05) is 13.3 Å².